The monoisotopic (exact) mass is 407 g/mol. The highest BCUT2D eigenvalue weighted by Gasteiger charge is 2.19. The number of anilines is 1. The zero-order chi connectivity index (χ0) is 19.8. The van der Waals surface area contributed by atoms with Crippen molar-refractivity contribution in [2.24, 2.45) is 0 Å². The first kappa shape index (κ1) is 18.3. The minimum atomic E-state index is -0.122. The molecule has 0 spiro atoms. The summed E-state index contributed by atoms with van der Waals surface area (Å²) in [7, 11) is 0. The van der Waals surface area contributed by atoms with E-state index in [1.807, 2.05) is 18.2 Å². The summed E-state index contributed by atoms with van der Waals surface area (Å²) in [4.78, 5) is 19.3. The Morgan fingerprint density at radius 3 is 2.69 bits per heavy atom. The molecule has 0 amide bonds. The SMILES string of the molecule is O=c1ccc2ccc(CCN3CCN(c4cccc5sc(F)cc45)CC3)cc2[nH]1. The lowest BCUT2D eigenvalue weighted by Gasteiger charge is -2.36. The summed E-state index contributed by atoms with van der Waals surface area (Å²) in [5, 5.41) is 1.96. The van der Waals surface area contributed by atoms with Crippen molar-refractivity contribution < 1.29 is 4.39 Å². The van der Waals surface area contributed by atoms with Crippen molar-refractivity contribution in [3.8, 4) is 0 Å². The van der Waals surface area contributed by atoms with Gasteiger partial charge in [-0.05, 0) is 47.7 Å². The molecule has 0 saturated carbocycles. The third kappa shape index (κ3) is 3.78. The van der Waals surface area contributed by atoms with E-state index in [2.05, 4.69) is 39.0 Å². The molecule has 4 nitrogen and oxygen atoms in total. The van der Waals surface area contributed by atoms with Gasteiger partial charge in [-0.2, -0.15) is 4.39 Å². The summed E-state index contributed by atoms with van der Waals surface area (Å²) >= 11 is 1.21. The fourth-order valence-electron chi connectivity index (χ4n) is 4.14. The van der Waals surface area contributed by atoms with Gasteiger partial charge in [-0.3, -0.25) is 9.69 Å². The molecule has 4 aromatic rings. The Kier molecular flexibility index (Phi) is 4.81. The molecule has 0 unspecified atom stereocenters. The zero-order valence-electron chi connectivity index (χ0n) is 16.0. The van der Waals surface area contributed by atoms with Gasteiger partial charge in [0.2, 0.25) is 5.56 Å². The smallest absolute Gasteiger partial charge is 0.248 e. The predicted molar refractivity (Wildman–Crippen MR) is 119 cm³/mol. The van der Waals surface area contributed by atoms with Crippen LogP contribution in [0.25, 0.3) is 21.0 Å². The van der Waals surface area contributed by atoms with Gasteiger partial charge in [-0.15, -0.1) is 11.3 Å². The molecular formula is C23H22FN3OS. The quantitative estimate of drug-likeness (QED) is 0.550. The third-order valence-electron chi connectivity index (χ3n) is 5.73. The van der Waals surface area contributed by atoms with Crippen molar-refractivity contribution in [3.05, 3.63) is 75.6 Å². The van der Waals surface area contributed by atoms with Crippen LogP contribution in [-0.4, -0.2) is 42.6 Å². The van der Waals surface area contributed by atoms with Crippen molar-refractivity contribution >= 4 is 38.0 Å². The van der Waals surface area contributed by atoms with Gasteiger partial charge in [0.15, 0.2) is 5.13 Å². The van der Waals surface area contributed by atoms with Gasteiger partial charge in [0.05, 0.1) is 0 Å². The Hall–Kier alpha value is -2.70. The normalized spacial score (nSPS) is 15.4. The van der Waals surface area contributed by atoms with E-state index >= 15 is 0 Å². The van der Waals surface area contributed by atoms with Crippen LogP contribution >= 0.6 is 11.3 Å². The molecule has 1 aliphatic heterocycles. The number of halogens is 1. The summed E-state index contributed by atoms with van der Waals surface area (Å²) in [5.74, 6) is 0. The highest BCUT2D eigenvalue weighted by atomic mass is 32.1. The van der Waals surface area contributed by atoms with Crippen LogP contribution in [-0.2, 0) is 6.42 Å². The number of fused-ring (bicyclic) bond motifs is 2. The minimum Gasteiger partial charge on any atom is -0.368 e. The van der Waals surface area contributed by atoms with Crippen molar-refractivity contribution in [1.29, 1.82) is 0 Å². The molecule has 2 aromatic carbocycles. The number of hydrogen-bond donors (Lipinski definition) is 1. The predicted octanol–water partition coefficient (Wildman–Crippen LogP) is 4.25. The Morgan fingerprint density at radius 1 is 1.00 bits per heavy atom. The Morgan fingerprint density at radius 2 is 1.83 bits per heavy atom. The average molecular weight is 408 g/mol. The van der Waals surface area contributed by atoms with E-state index in [9.17, 15) is 9.18 Å². The van der Waals surface area contributed by atoms with Gasteiger partial charge < -0.3 is 9.88 Å². The summed E-state index contributed by atoms with van der Waals surface area (Å²) < 4.78 is 14.7. The average Bonchev–Trinajstić information content (AvgIpc) is 3.12. The topological polar surface area (TPSA) is 39.3 Å². The molecule has 1 aliphatic rings. The molecule has 1 fully saturated rings. The van der Waals surface area contributed by atoms with E-state index in [0.717, 1.165) is 65.8 Å². The number of benzene rings is 2. The number of aromatic amines is 1. The number of thiophene rings is 1. The van der Waals surface area contributed by atoms with E-state index in [1.165, 1.54) is 16.9 Å². The second-order valence-electron chi connectivity index (χ2n) is 7.56. The fourth-order valence-corrected chi connectivity index (χ4v) is 4.95. The number of rotatable bonds is 4. The van der Waals surface area contributed by atoms with Crippen molar-refractivity contribution in [3.63, 3.8) is 0 Å². The van der Waals surface area contributed by atoms with E-state index in [4.69, 9.17) is 0 Å². The van der Waals surface area contributed by atoms with Gasteiger partial charge in [-0.25, -0.2) is 0 Å². The standard InChI is InChI=1S/C23H22FN3OS/c24-22-15-18-20(2-1-3-21(18)29-22)27-12-10-26(11-13-27)9-8-16-4-5-17-6-7-23(28)25-19(17)14-16/h1-7,14-15H,8-13H2,(H,25,28). The number of H-pyrrole nitrogens is 1. The summed E-state index contributed by atoms with van der Waals surface area (Å²) in [6.45, 7) is 4.87. The van der Waals surface area contributed by atoms with Gasteiger partial charge in [0.25, 0.3) is 0 Å². The Balaban J connectivity index is 1.22. The Labute approximate surface area is 172 Å². The fraction of sp³-hybridized carbons (Fsp3) is 0.261. The van der Waals surface area contributed by atoms with Crippen LogP contribution in [0.5, 0.6) is 0 Å². The molecule has 6 heteroatoms. The van der Waals surface area contributed by atoms with Crippen LogP contribution in [0.2, 0.25) is 0 Å². The van der Waals surface area contributed by atoms with Crippen LogP contribution in [0, 0.1) is 5.13 Å². The van der Waals surface area contributed by atoms with Crippen molar-refractivity contribution in [2.75, 3.05) is 37.6 Å². The van der Waals surface area contributed by atoms with E-state index in [1.54, 1.807) is 12.1 Å². The molecule has 0 bridgehead atoms. The van der Waals surface area contributed by atoms with E-state index in [-0.39, 0.29) is 10.7 Å². The molecule has 0 aliphatic carbocycles. The van der Waals surface area contributed by atoms with Gasteiger partial charge in [-0.1, -0.05) is 18.2 Å². The van der Waals surface area contributed by atoms with Crippen LogP contribution in [0.4, 0.5) is 10.1 Å². The molecule has 148 valence electrons. The third-order valence-corrected chi connectivity index (χ3v) is 6.62. The molecular weight excluding hydrogens is 385 g/mol. The summed E-state index contributed by atoms with van der Waals surface area (Å²) in [6.07, 6.45) is 0.957. The van der Waals surface area contributed by atoms with Crippen LogP contribution in [0.1, 0.15) is 5.56 Å². The number of nitrogens with one attached hydrogen (secondary N) is 1. The minimum absolute atomic E-state index is 0.0636. The molecule has 29 heavy (non-hydrogen) atoms. The second kappa shape index (κ2) is 7.61. The molecule has 1 N–H and O–H groups in total. The lowest BCUT2D eigenvalue weighted by atomic mass is 10.1. The van der Waals surface area contributed by atoms with Crippen LogP contribution in [0.3, 0.4) is 0 Å². The number of piperazine rings is 1. The maximum absolute atomic E-state index is 13.7. The number of nitrogens with zero attached hydrogens (tertiary/aromatic N) is 2. The first-order chi connectivity index (χ1) is 14.2. The maximum atomic E-state index is 13.7. The molecule has 0 radical (unpaired) electrons. The second-order valence-corrected chi connectivity index (χ2v) is 8.60. The van der Waals surface area contributed by atoms with E-state index in [0.29, 0.717) is 0 Å². The van der Waals surface area contributed by atoms with Gasteiger partial charge >= 0.3 is 0 Å². The molecule has 2 aromatic heterocycles. The molecule has 3 heterocycles. The molecule has 5 rings (SSSR count). The lowest BCUT2D eigenvalue weighted by molar-refractivity contribution is 0.261. The highest BCUT2D eigenvalue weighted by Crippen LogP contribution is 2.33. The van der Waals surface area contributed by atoms with Gasteiger partial charge in [0, 0.05) is 60.1 Å². The van der Waals surface area contributed by atoms with Crippen LogP contribution < -0.4 is 10.5 Å². The van der Waals surface area contributed by atoms with Crippen molar-refractivity contribution in [2.45, 2.75) is 6.42 Å². The molecule has 1 saturated heterocycles. The van der Waals surface area contributed by atoms with Crippen molar-refractivity contribution in [1.82, 2.24) is 9.88 Å². The molecule has 0 atom stereocenters. The lowest BCUT2D eigenvalue weighted by Crippen LogP contribution is -2.47. The number of hydrogen-bond acceptors (Lipinski definition) is 4. The number of pyridine rings is 1. The number of aromatic nitrogens is 1. The first-order valence-electron chi connectivity index (χ1n) is 9.93. The zero-order valence-corrected chi connectivity index (χ0v) is 16.8. The van der Waals surface area contributed by atoms with E-state index < -0.39 is 0 Å². The first-order valence-corrected chi connectivity index (χ1v) is 10.7. The largest absolute Gasteiger partial charge is 0.368 e. The summed E-state index contributed by atoms with van der Waals surface area (Å²) in [5.41, 5.74) is 3.21. The summed E-state index contributed by atoms with van der Waals surface area (Å²) in [6, 6.07) is 17.5. The van der Waals surface area contributed by atoms with Gasteiger partial charge in [0.1, 0.15) is 0 Å². The maximum Gasteiger partial charge on any atom is 0.248 e. The van der Waals surface area contributed by atoms with Crippen LogP contribution in [0.15, 0.2) is 59.4 Å². The highest BCUT2D eigenvalue weighted by molar-refractivity contribution is 7.17. The Bertz CT molecular complexity index is 1220.